The van der Waals surface area contributed by atoms with Crippen LogP contribution in [0.25, 0.3) is 0 Å². The maximum absolute atomic E-state index is 8.89. The highest BCUT2D eigenvalue weighted by Gasteiger charge is 2.25. The maximum Gasteiger partial charge on any atom is 0.492 e. The Hall–Kier alpha value is 0.347. The second-order valence-corrected chi connectivity index (χ2v) is 9.98. The van der Waals surface area contributed by atoms with Gasteiger partial charge in [0, 0.05) is 6.04 Å². The highest BCUT2D eigenvalue weighted by Crippen LogP contribution is 2.13. The third-order valence-corrected chi connectivity index (χ3v) is 6.10. The van der Waals surface area contributed by atoms with Crippen molar-refractivity contribution in [3.05, 3.63) is 0 Å². The molecule has 166 valence electrons. The van der Waals surface area contributed by atoms with E-state index in [1.807, 2.05) is 0 Å². The molecule has 0 aromatic heterocycles. The first-order valence-electron chi connectivity index (χ1n) is 11.4. The van der Waals surface area contributed by atoms with Crippen molar-refractivity contribution in [3.63, 3.8) is 0 Å². The molecule has 0 heterocycles. The van der Waals surface area contributed by atoms with E-state index in [2.05, 4.69) is 12.2 Å². The quantitative estimate of drug-likeness (QED) is 0.143. The minimum Gasteiger partial charge on any atom is -0.390 e. The van der Waals surface area contributed by atoms with Crippen molar-refractivity contribution in [1.29, 1.82) is 0 Å². The van der Waals surface area contributed by atoms with Gasteiger partial charge in [-0.2, -0.15) is 0 Å². The maximum atomic E-state index is 8.89. The highest BCUT2D eigenvalue weighted by atomic mass is 35.5. The lowest BCUT2D eigenvalue weighted by molar-refractivity contribution is 0.226. The Morgan fingerprint density at radius 1 is 0.519 bits per heavy atom. The largest absolute Gasteiger partial charge is 0.492 e. The number of rotatable bonds is 21. The Morgan fingerprint density at radius 2 is 0.852 bits per heavy atom. The van der Waals surface area contributed by atoms with Gasteiger partial charge in [-0.05, 0) is 25.9 Å². The predicted molar refractivity (Wildman–Crippen MR) is 121 cm³/mol. The van der Waals surface area contributed by atoms with Crippen molar-refractivity contribution in [3.8, 4) is 0 Å². The molecule has 0 saturated carbocycles. The summed E-state index contributed by atoms with van der Waals surface area (Å²) < 4.78 is 0. The smallest absolute Gasteiger partial charge is 0.390 e. The Labute approximate surface area is 176 Å². The number of unbranched alkanes of at least 4 members (excludes halogenated alkanes) is 15. The van der Waals surface area contributed by atoms with Crippen LogP contribution >= 0.6 is 12.4 Å². The third-order valence-electron chi connectivity index (χ3n) is 5.07. The highest BCUT2D eigenvalue weighted by molar-refractivity contribution is 6.56. The topological polar surface area (TPSA) is 72.7 Å². The normalized spacial score (nSPS) is 11.6. The number of hydrogen-bond donors (Lipinski definition) is 4. The molecule has 0 aliphatic carbocycles. The van der Waals surface area contributed by atoms with Crippen LogP contribution in [0, 0.1) is 0 Å². The van der Waals surface area contributed by atoms with Gasteiger partial charge in [-0.15, -0.1) is 12.4 Å². The summed E-state index contributed by atoms with van der Waals surface area (Å²) in [7, 11) is -3.81. The van der Waals surface area contributed by atoms with E-state index in [0.29, 0.717) is 6.42 Å². The van der Waals surface area contributed by atoms with Gasteiger partial charge in [0.2, 0.25) is 0 Å². The van der Waals surface area contributed by atoms with E-state index in [0.717, 1.165) is 13.1 Å². The van der Waals surface area contributed by atoms with Gasteiger partial charge in [-0.3, -0.25) is 0 Å². The molecule has 4 N–H and O–H groups in total. The second-order valence-electron chi connectivity index (χ2n) is 7.93. The SMILES string of the molecule is CCCCCCCCCCCCCCCCCCNCCC[Si](O)(O)O.Cl. The van der Waals surface area contributed by atoms with Gasteiger partial charge >= 0.3 is 8.80 Å². The van der Waals surface area contributed by atoms with Gasteiger partial charge in [0.25, 0.3) is 0 Å². The summed E-state index contributed by atoms with van der Waals surface area (Å²) in [6, 6.07) is 0.138. The van der Waals surface area contributed by atoms with E-state index in [1.54, 1.807) is 0 Å². The van der Waals surface area contributed by atoms with Crippen molar-refractivity contribution in [2.24, 2.45) is 0 Å². The van der Waals surface area contributed by atoms with Gasteiger partial charge in [-0.1, -0.05) is 103 Å². The molecule has 0 bridgehead atoms. The van der Waals surface area contributed by atoms with Crippen molar-refractivity contribution in [2.75, 3.05) is 13.1 Å². The molecule has 27 heavy (non-hydrogen) atoms. The molecular formula is C21H48ClNO3Si. The zero-order valence-corrected chi connectivity index (χ0v) is 19.7. The van der Waals surface area contributed by atoms with Gasteiger partial charge < -0.3 is 19.7 Å². The standard InChI is InChI=1S/C21H47NO3Si.ClH/c1-2-3-4-5-6-7-8-9-10-11-12-13-14-15-16-17-19-22-20-18-21-26(23,24)25;/h22-25H,2-21H2,1H3;1H. The van der Waals surface area contributed by atoms with E-state index in [9.17, 15) is 0 Å². The molecule has 4 nitrogen and oxygen atoms in total. The first-order chi connectivity index (χ1) is 12.6. The van der Waals surface area contributed by atoms with Crippen molar-refractivity contribution in [2.45, 2.75) is 122 Å². The first-order valence-corrected chi connectivity index (χ1v) is 13.5. The van der Waals surface area contributed by atoms with E-state index in [1.165, 1.54) is 103 Å². The molecule has 0 aromatic carbocycles. The van der Waals surface area contributed by atoms with Crippen LogP contribution in [-0.4, -0.2) is 36.3 Å². The van der Waals surface area contributed by atoms with E-state index >= 15 is 0 Å². The van der Waals surface area contributed by atoms with Crippen LogP contribution in [0.15, 0.2) is 0 Å². The van der Waals surface area contributed by atoms with E-state index in [4.69, 9.17) is 14.4 Å². The van der Waals surface area contributed by atoms with Gasteiger partial charge in [0.05, 0.1) is 0 Å². The Kier molecular flexibility index (Phi) is 24.8. The molecule has 0 fully saturated rings. The van der Waals surface area contributed by atoms with Gasteiger partial charge in [-0.25, -0.2) is 0 Å². The monoisotopic (exact) mass is 425 g/mol. The van der Waals surface area contributed by atoms with Crippen LogP contribution in [-0.2, 0) is 0 Å². The van der Waals surface area contributed by atoms with Crippen LogP contribution in [0.3, 0.4) is 0 Å². The summed E-state index contributed by atoms with van der Waals surface area (Å²) in [5.41, 5.74) is 0. The predicted octanol–water partition coefficient (Wildman–Crippen LogP) is 5.57. The third kappa shape index (κ3) is 28.7. The lowest BCUT2D eigenvalue weighted by Gasteiger charge is -2.09. The lowest BCUT2D eigenvalue weighted by Crippen LogP contribution is -2.35. The average Bonchev–Trinajstić information content (AvgIpc) is 2.59. The van der Waals surface area contributed by atoms with E-state index in [-0.39, 0.29) is 18.5 Å². The number of halogens is 1. The summed E-state index contributed by atoms with van der Waals surface area (Å²) in [4.78, 5) is 26.7. The van der Waals surface area contributed by atoms with Crippen molar-refractivity contribution in [1.82, 2.24) is 5.32 Å². The minimum atomic E-state index is -3.81. The molecule has 6 heteroatoms. The second kappa shape index (κ2) is 22.6. The summed E-state index contributed by atoms with van der Waals surface area (Å²) in [6.45, 7) is 4.03. The fraction of sp³-hybridized carbons (Fsp3) is 1.00. The molecule has 0 spiro atoms. The van der Waals surface area contributed by atoms with Crippen LogP contribution < -0.4 is 5.32 Å². The van der Waals surface area contributed by atoms with Gasteiger partial charge in [0.15, 0.2) is 0 Å². The molecular weight excluding hydrogens is 378 g/mol. The Balaban J connectivity index is 0. The zero-order chi connectivity index (χ0) is 19.3. The Bertz CT molecular complexity index is 279. The van der Waals surface area contributed by atoms with Crippen LogP contribution in [0.4, 0.5) is 0 Å². The first kappa shape index (κ1) is 29.5. The average molecular weight is 426 g/mol. The fourth-order valence-electron chi connectivity index (χ4n) is 3.37. The number of hydrogen-bond acceptors (Lipinski definition) is 4. The van der Waals surface area contributed by atoms with Gasteiger partial charge in [0.1, 0.15) is 0 Å². The summed E-state index contributed by atoms with van der Waals surface area (Å²) in [5.74, 6) is 0. The molecule has 0 amide bonds. The molecule has 0 atom stereocenters. The summed E-state index contributed by atoms with van der Waals surface area (Å²) in [6.07, 6.45) is 22.9. The minimum absolute atomic E-state index is 0. The van der Waals surface area contributed by atoms with Crippen LogP contribution in [0.2, 0.25) is 6.04 Å². The molecule has 0 saturated heterocycles. The van der Waals surface area contributed by atoms with Crippen LogP contribution in [0.5, 0.6) is 0 Å². The molecule has 0 aliphatic heterocycles. The fourth-order valence-corrected chi connectivity index (χ4v) is 4.02. The zero-order valence-electron chi connectivity index (χ0n) is 17.9. The van der Waals surface area contributed by atoms with Crippen LogP contribution in [0.1, 0.15) is 116 Å². The molecule has 0 unspecified atom stereocenters. The molecule has 0 aromatic rings. The molecule has 0 radical (unpaired) electrons. The lowest BCUT2D eigenvalue weighted by atomic mass is 10.0. The van der Waals surface area contributed by atoms with E-state index < -0.39 is 8.80 Å². The Morgan fingerprint density at radius 3 is 1.22 bits per heavy atom. The summed E-state index contributed by atoms with van der Waals surface area (Å²) >= 11 is 0. The number of nitrogens with one attached hydrogen (secondary N) is 1. The molecule has 0 aliphatic rings. The molecule has 0 rings (SSSR count). The summed E-state index contributed by atoms with van der Waals surface area (Å²) in [5, 5.41) is 3.30. The van der Waals surface area contributed by atoms with Crippen molar-refractivity contribution >= 4 is 21.2 Å². The van der Waals surface area contributed by atoms with Crippen molar-refractivity contribution < 1.29 is 14.4 Å².